The number of H-pyrrole nitrogens is 1. The average Bonchev–Trinajstić information content (AvgIpc) is 3.35. The number of aromatic nitrogens is 2. The summed E-state index contributed by atoms with van der Waals surface area (Å²) in [5.41, 5.74) is -0.873. The van der Waals surface area contributed by atoms with Crippen molar-refractivity contribution in [3.8, 4) is 0 Å². The Kier molecular flexibility index (Phi) is 21.0. The number of carbonyl (C=O) groups excluding carboxylic acids is 2. The van der Waals surface area contributed by atoms with Gasteiger partial charge in [-0.15, -0.1) is 0 Å². The van der Waals surface area contributed by atoms with Gasteiger partial charge in [-0.1, -0.05) is 172 Å². The fraction of sp³-hybridized carbons (Fsp3) is 0.625. The van der Waals surface area contributed by atoms with Crippen molar-refractivity contribution in [1.29, 1.82) is 0 Å². The number of aryl methyl sites for hydroxylation is 1. The van der Waals surface area contributed by atoms with Gasteiger partial charge in [0.2, 0.25) is 5.91 Å². The van der Waals surface area contributed by atoms with Crippen LogP contribution < -0.4 is 26.9 Å². The van der Waals surface area contributed by atoms with E-state index in [1.165, 1.54) is 81.0 Å². The number of unbranched alkanes of at least 4 members (excludes halogenated alkanes) is 14. The first-order valence-corrected chi connectivity index (χ1v) is 24.8. The molecule has 4 rings (SSSR count). The smallest absolute Gasteiger partial charge is 0.328 e. The van der Waals surface area contributed by atoms with Gasteiger partial charge in [0.15, 0.2) is 0 Å². The fourth-order valence-electron chi connectivity index (χ4n) is 8.62. The number of esters is 1. The number of aliphatic hydroxyl groups excluding tert-OH is 1. The topological polar surface area (TPSA) is 143 Å². The molecule has 2 aromatic carbocycles. The number of nitrogens with one attached hydrogen (secondary N) is 2. The number of carbonyl (C=O) groups is 2. The van der Waals surface area contributed by atoms with Crippen LogP contribution in [0.1, 0.15) is 137 Å². The molecule has 11 nitrogen and oxygen atoms in total. The summed E-state index contributed by atoms with van der Waals surface area (Å²) in [7, 11) is -3.00. The number of benzene rings is 2. The van der Waals surface area contributed by atoms with Crippen molar-refractivity contribution in [2.75, 3.05) is 26.3 Å². The second-order valence-electron chi connectivity index (χ2n) is 17.7. The third kappa shape index (κ3) is 15.0. The van der Waals surface area contributed by atoms with Gasteiger partial charge in [0.1, 0.15) is 12.1 Å². The summed E-state index contributed by atoms with van der Waals surface area (Å²) in [5, 5.41) is 15.6. The lowest BCUT2D eigenvalue weighted by Gasteiger charge is -2.44. The van der Waals surface area contributed by atoms with Crippen LogP contribution in [-0.4, -0.2) is 84.2 Å². The first-order valence-electron chi connectivity index (χ1n) is 22.9. The lowest BCUT2D eigenvalue weighted by molar-refractivity contribution is -0.152. The van der Waals surface area contributed by atoms with Gasteiger partial charge in [0.05, 0.1) is 19.3 Å². The highest BCUT2D eigenvalue weighted by molar-refractivity contribution is 6.99. The maximum atomic E-state index is 13.9. The molecule has 0 bridgehead atoms. The van der Waals surface area contributed by atoms with Crippen molar-refractivity contribution in [3.63, 3.8) is 0 Å². The largest absolute Gasteiger partial charge is 0.459 e. The van der Waals surface area contributed by atoms with E-state index in [9.17, 15) is 24.3 Å². The zero-order chi connectivity index (χ0) is 43.2. The number of hydrogen-bond acceptors (Lipinski definition) is 8. The van der Waals surface area contributed by atoms with E-state index in [1.807, 2.05) is 41.3 Å². The normalized spacial score (nSPS) is 17.6. The van der Waals surface area contributed by atoms with E-state index in [4.69, 9.17) is 9.16 Å². The molecule has 1 aromatic heterocycles. The summed E-state index contributed by atoms with van der Waals surface area (Å²) in [6.45, 7) is 9.78. The lowest BCUT2D eigenvalue weighted by Crippen LogP contribution is -2.68. The molecule has 332 valence electrons. The van der Waals surface area contributed by atoms with E-state index < -0.39 is 37.8 Å². The summed E-state index contributed by atoms with van der Waals surface area (Å²) < 4.78 is 15.1. The van der Waals surface area contributed by atoms with Gasteiger partial charge in [0.25, 0.3) is 13.9 Å². The van der Waals surface area contributed by atoms with E-state index in [0.717, 1.165) is 36.1 Å². The number of ether oxygens (including phenoxy) is 1. The molecule has 1 aliphatic heterocycles. The van der Waals surface area contributed by atoms with Gasteiger partial charge in [-0.05, 0) is 41.2 Å². The number of amides is 1. The van der Waals surface area contributed by atoms with E-state index in [1.54, 1.807) is 0 Å². The minimum absolute atomic E-state index is 0.121. The van der Waals surface area contributed by atoms with Gasteiger partial charge in [-0.25, -0.2) is 4.79 Å². The molecule has 3 atom stereocenters. The quantitative estimate of drug-likeness (QED) is 0.0431. The van der Waals surface area contributed by atoms with Gasteiger partial charge in [0, 0.05) is 31.8 Å². The van der Waals surface area contributed by atoms with Gasteiger partial charge >= 0.3 is 11.7 Å². The molecule has 3 aromatic rings. The molecule has 1 saturated heterocycles. The van der Waals surface area contributed by atoms with Crippen LogP contribution in [0.3, 0.4) is 0 Å². The Morgan fingerprint density at radius 1 is 0.750 bits per heavy atom. The molecule has 0 saturated carbocycles. The van der Waals surface area contributed by atoms with Crippen LogP contribution in [0.25, 0.3) is 0 Å². The summed E-state index contributed by atoms with van der Waals surface area (Å²) in [6.07, 6.45) is 19.1. The summed E-state index contributed by atoms with van der Waals surface area (Å²) in [5.74, 6) is -0.620. The van der Waals surface area contributed by atoms with Crippen molar-refractivity contribution in [1.82, 2.24) is 19.8 Å². The Morgan fingerprint density at radius 3 is 1.82 bits per heavy atom. The number of aliphatic hydroxyl groups is 1. The number of aromatic amines is 1. The average molecular weight is 847 g/mol. The van der Waals surface area contributed by atoms with E-state index in [2.05, 4.69) is 62.3 Å². The molecule has 0 unspecified atom stereocenters. The molecule has 0 aliphatic carbocycles. The number of nitrogens with zero attached hydrogens (tertiary/aromatic N) is 2. The van der Waals surface area contributed by atoms with E-state index in [0.29, 0.717) is 32.4 Å². The number of rotatable bonds is 27. The highest BCUT2D eigenvalue weighted by atomic mass is 28.4. The molecule has 1 aliphatic rings. The van der Waals surface area contributed by atoms with Gasteiger partial charge < -0.3 is 24.2 Å². The summed E-state index contributed by atoms with van der Waals surface area (Å²) >= 11 is 0. The Hall–Kier alpha value is -3.84. The predicted octanol–water partition coefficient (Wildman–Crippen LogP) is 6.84. The molecular formula is C48H74N4O7Si. The molecule has 0 radical (unpaired) electrons. The van der Waals surface area contributed by atoms with Crippen LogP contribution >= 0.6 is 0 Å². The second-order valence-corrected chi connectivity index (χ2v) is 22.0. The van der Waals surface area contributed by atoms with Crippen LogP contribution in [0, 0.1) is 0 Å². The Morgan fingerprint density at radius 2 is 1.28 bits per heavy atom. The second kappa shape index (κ2) is 25.8. The monoisotopic (exact) mass is 847 g/mol. The third-order valence-corrected chi connectivity index (χ3v) is 17.0. The van der Waals surface area contributed by atoms with Gasteiger partial charge in [-0.2, -0.15) is 0 Å². The minimum atomic E-state index is -3.00. The summed E-state index contributed by atoms with van der Waals surface area (Å²) in [4.78, 5) is 55.4. The fourth-order valence-corrected chi connectivity index (χ4v) is 13.2. The van der Waals surface area contributed by atoms with Crippen molar-refractivity contribution in [3.05, 3.63) is 93.8 Å². The Labute approximate surface area is 359 Å². The predicted molar refractivity (Wildman–Crippen MR) is 243 cm³/mol. The van der Waals surface area contributed by atoms with Crippen molar-refractivity contribution >= 4 is 30.6 Å². The first-order chi connectivity index (χ1) is 29.0. The van der Waals surface area contributed by atoms with Gasteiger partial charge in [-0.3, -0.25) is 24.3 Å². The Bertz CT molecular complexity index is 1760. The van der Waals surface area contributed by atoms with Crippen LogP contribution in [-0.2, 0) is 25.3 Å². The third-order valence-electron chi connectivity index (χ3n) is 12.0. The molecular weight excluding hydrogens is 773 g/mol. The maximum absolute atomic E-state index is 13.9. The molecule has 60 heavy (non-hydrogen) atoms. The number of hydrogen-bond donors (Lipinski definition) is 3. The Balaban J connectivity index is 1.44. The zero-order valence-electron chi connectivity index (χ0n) is 37.0. The maximum Gasteiger partial charge on any atom is 0.328 e. The van der Waals surface area contributed by atoms with Crippen LogP contribution in [0.5, 0.6) is 0 Å². The summed E-state index contributed by atoms with van der Waals surface area (Å²) in [6, 6.07) is 20.5. The van der Waals surface area contributed by atoms with Crippen molar-refractivity contribution in [2.24, 2.45) is 0 Å². The van der Waals surface area contributed by atoms with Crippen molar-refractivity contribution in [2.45, 2.75) is 167 Å². The van der Waals surface area contributed by atoms with Crippen LogP contribution in [0.4, 0.5) is 0 Å². The highest BCUT2D eigenvalue weighted by Crippen LogP contribution is 2.37. The molecule has 2 heterocycles. The highest BCUT2D eigenvalue weighted by Gasteiger charge is 2.51. The first kappa shape index (κ1) is 48.8. The molecule has 1 fully saturated rings. The van der Waals surface area contributed by atoms with E-state index in [-0.39, 0.29) is 36.7 Å². The zero-order valence-corrected chi connectivity index (χ0v) is 38.0. The lowest BCUT2D eigenvalue weighted by atomic mass is 10.0. The minimum Gasteiger partial charge on any atom is -0.459 e. The van der Waals surface area contributed by atoms with Crippen molar-refractivity contribution < 1.29 is 23.9 Å². The molecule has 0 spiro atoms. The molecule has 3 N–H and O–H groups in total. The van der Waals surface area contributed by atoms with Crippen LogP contribution in [0.15, 0.2) is 82.5 Å². The standard InChI is InChI=1S/C48H74N4O7Si/c1-5-6-7-8-9-10-11-12-13-14-15-16-24-31-45(55)59-43-36-52(34-26-19-25-33-51-35-32-44(54)50-47(51)57)42(37-53)46(56)49-41(43)38-58-60(48(2,3)4,39-27-20-17-21-28-39)40-29-22-18-23-30-40/h17-18,20-23,27-30,32,35,41-43,53H,5-16,19,24-26,31,33-34,36-38H2,1-4H3,(H,49,56)(H,50,54,57)/t41-,42+,43+/m1/s1. The van der Waals surface area contributed by atoms with E-state index >= 15 is 0 Å². The molecule has 12 heteroatoms. The molecule has 1 amide bonds. The SMILES string of the molecule is CCCCCCCCCCCCCCCC(=O)O[C@H]1CN(CCCCCn2ccc(=O)[nH]c2=O)[C@@H](CO)C(=O)N[C@@H]1CO[Si](c1ccccc1)(c1ccccc1)C(C)(C)C. The van der Waals surface area contributed by atoms with Crippen LogP contribution in [0.2, 0.25) is 5.04 Å².